The van der Waals surface area contributed by atoms with Crippen molar-refractivity contribution >= 4 is 0 Å². The summed E-state index contributed by atoms with van der Waals surface area (Å²) in [5.74, 6) is 2.05. The Bertz CT molecular complexity index is 312. The van der Waals surface area contributed by atoms with Crippen molar-refractivity contribution in [2.45, 2.75) is 77.8 Å². The van der Waals surface area contributed by atoms with Gasteiger partial charge in [0.05, 0.1) is 0 Å². The fourth-order valence-electron chi connectivity index (χ4n) is 3.88. The van der Waals surface area contributed by atoms with E-state index in [1.165, 1.54) is 58.0 Å². The topological polar surface area (TPSA) is 15.3 Å². The van der Waals surface area contributed by atoms with Gasteiger partial charge in [-0.3, -0.25) is 4.90 Å². The van der Waals surface area contributed by atoms with Crippen LogP contribution in [0, 0.1) is 17.3 Å². The Hall–Kier alpha value is -0.0800. The highest BCUT2D eigenvalue weighted by Gasteiger charge is 2.36. The first-order valence-electron chi connectivity index (χ1n) is 8.97. The molecule has 0 spiro atoms. The van der Waals surface area contributed by atoms with E-state index in [1.54, 1.807) is 0 Å². The summed E-state index contributed by atoms with van der Waals surface area (Å²) >= 11 is 0. The molecule has 1 aliphatic heterocycles. The van der Waals surface area contributed by atoms with Gasteiger partial charge >= 0.3 is 0 Å². The fraction of sp³-hybridized carbons (Fsp3) is 1.00. The largest absolute Gasteiger partial charge is 0.312 e. The summed E-state index contributed by atoms with van der Waals surface area (Å²) < 4.78 is 0. The SMILES string of the molecule is CC(C)(C)CNC1CC(CC2CC2)CN(C2CCC2)C1. The van der Waals surface area contributed by atoms with Crippen molar-refractivity contribution in [2.24, 2.45) is 17.3 Å². The smallest absolute Gasteiger partial charge is 0.0198 e. The lowest BCUT2D eigenvalue weighted by atomic mass is 9.84. The molecule has 20 heavy (non-hydrogen) atoms. The number of nitrogens with zero attached hydrogens (tertiary/aromatic N) is 1. The molecule has 1 saturated heterocycles. The molecule has 116 valence electrons. The van der Waals surface area contributed by atoms with Crippen LogP contribution in [-0.2, 0) is 0 Å². The van der Waals surface area contributed by atoms with Crippen molar-refractivity contribution in [2.75, 3.05) is 19.6 Å². The molecule has 0 bridgehead atoms. The Morgan fingerprint density at radius 1 is 1.00 bits per heavy atom. The summed E-state index contributed by atoms with van der Waals surface area (Å²) in [6, 6.07) is 1.67. The molecule has 2 aliphatic carbocycles. The number of rotatable bonds is 5. The van der Waals surface area contributed by atoms with Crippen molar-refractivity contribution in [1.29, 1.82) is 0 Å². The predicted molar refractivity (Wildman–Crippen MR) is 85.9 cm³/mol. The first kappa shape index (κ1) is 14.8. The van der Waals surface area contributed by atoms with E-state index in [9.17, 15) is 0 Å². The van der Waals surface area contributed by atoms with Crippen molar-refractivity contribution in [3.63, 3.8) is 0 Å². The molecule has 0 radical (unpaired) electrons. The second-order valence-electron chi connectivity index (χ2n) is 8.96. The van der Waals surface area contributed by atoms with Crippen molar-refractivity contribution in [3.05, 3.63) is 0 Å². The third kappa shape index (κ3) is 4.21. The summed E-state index contributed by atoms with van der Waals surface area (Å²) in [5.41, 5.74) is 0.407. The number of hydrogen-bond acceptors (Lipinski definition) is 2. The Morgan fingerprint density at radius 3 is 2.30 bits per heavy atom. The maximum Gasteiger partial charge on any atom is 0.0198 e. The Morgan fingerprint density at radius 2 is 1.75 bits per heavy atom. The molecular formula is C18H34N2. The molecule has 2 saturated carbocycles. The summed E-state index contributed by atoms with van der Waals surface area (Å²) in [7, 11) is 0. The molecule has 3 aliphatic rings. The maximum atomic E-state index is 3.88. The average molecular weight is 278 g/mol. The van der Waals surface area contributed by atoms with Crippen LogP contribution in [0.1, 0.15) is 65.7 Å². The lowest BCUT2D eigenvalue weighted by Crippen LogP contribution is -2.55. The van der Waals surface area contributed by atoms with Crippen LogP contribution >= 0.6 is 0 Å². The van der Waals surface area contributed by atoms with Gasteiger partial charge in [-0.15, -0.1) is 0 Å². The fourth-order valence-corrected chi connectivity index (χ4v) is 3.88. The minimum Gasteiger partial charge on any atom is -0.312 e. The quantitative estimate of drug-likeness (QED) is 0.825. The summed E-state index contributed by atoms with van der Waals surface area (Å²) in [5, 5.41) is 3.88. The zero-order chi connectivity index (χ0) is 14.2. The molecule has 1 heterocycles. The van der Waals surface area contributed by atoms with Crippen LogP contribution in [0.2, 0.25) is 0 Å². The molecule has 0 aromatic carbocycles. The number of likely N-dealkylation sites (tertiary alicyclic amines) is 1. The van der Waals surface area contributed by atoms with Gasteiger partial charge in [0, 0.05) is 31.7 Å². The van der Waals surface area contributed by atoms with Crippen LogP contribution in [-0.4, -0.2) is 36.6 Å². The molecular weight excluding hydrogens is 244 g/mol. The van der Waals surface area contributed by atoms with Gasteiger partial charge in [-0.1, -0.05) is 40.0 Å². The van der Waals surface area contributed by atoms with Crippen molar-refractivity contribution in [1.82, 2.24) is 10.2 Å². The lowest BCUT2D eigenvalue weighted by molar-refractivity contribution is 0.0526. The molecule has 0 amide bonds. The van der Waals surface area contributed by atoms with Gasteiger partial charge in [-0.05, 0) is 42.9 Å². The third-order valence-corrected chi connectivity index (χ3v) is 5.44. The average Bonchev–Trinajstić information content (AvgIpc) is 3.07. The van der Waals surface area contributed by atoms with E-state index in [4.69, 9.17) is 0 Å². The van der Waals surface area contributed by atoms with Crippen LogP contribution in [0.4, 0.5) is 0 Å². The lowest BCUT2D eigenvalue weighted by Gasteiger charge is -2.46. The van der Waals surface area contributed by atoms with E-state index in [2.05, 4.69) is 31.0 Å². The predicted octanol–water partition coefficient (Wildman–Crippen LogP) is 3.67. The Kier molecular flexibility index (Phi) is 4.42. The summed E-state index contributed by atoms with van der Waals surface area (Å²) in [4.78, 5) is 2.83. The summed E-state index contributed by atoms with van der Waals surface area (Å²) in [6.45, 7) is 10.9. The van der Waals surface area contributed by atoms with Gasteiger partial charge in [0.25, 0.3) is 0 Å². The summed E-state index contributed by atoms with van der Waals surface area (Å²) in [6.07, 6.45) is 10.4. The van der Waals surface area contributed by atoms with E-state index >= 15 is 0 Å². The van der Waals surface area contributed by atoms with Crippen LogP contribution in [0.3, 0.4) is 0 Å². The molecule has 0 aromatic rings. The maximum absolute atomic E-state index is 3.88. The Balaban J connectivity index is 1.53. The zero-order valence-electron chi connectivity index (χ0n) is 13.8. The van der Waals surface area contributed by atoms with E-state index in [0.717, 1.165) is 30.5 Å². The van der Waals surface area contributed by atoms with Gasteiger partial charge in [0.15, 0.2) is 0 Å². The van der Waals surface area contributed by atoms with Crippen molar-refractivity contribution < 1.29 is 0 Å². The van der Waals surface area contributed by atoms with Crippen LogP contribution in [0.5, 0.6) is 0 Å². The van der Waals surface area contributed by atoms with Crippen LogP contribution < -0.4 is 5.32 Å². The number of hydrogen-bond donors (Lipinski definition) is 1. The minimum absolute atomic E-state index is 0.407. The highest BCUT2D eigenvalue weighted by atomic mass is 15.2. The Labute approximate surface area is 125 Å². The van der Waals surface area contributed by atoms with Gasteiger partial charge in [-0.25, -0.2) is 0 Å². The third-order valence-electron chi connectivity index (χ3n) is 5.44. The van der Waals surface area contributed by atoms with E-state index < -0.39 is 0 Å². The second-order valence-corrected chi connectivity index (χ2v) is 8.96. The molecule has 2 unspecified atom stereocenters. The van der Waals surface area contributed by atoms with Gasteiger partial charge in [0.1, 0.15) is 0 Å². The van der Waals surface area contributed by atoms with Crippen molar-refractivity contribution in [3.8, 4) is 0 Å². The molecule has 3 rings (SSSR count). The zero-order valence-corrected chi connectivity index (χ0v) is 13.8. The van der Waals surface area contributed by atoms with Gasteiger partial charge in [0.2, 0.25) is 0 Å². The molecule has 1 N–H and O–H groups in total. The molecule has 2 atom stereocenters. The normalized spacial score (nSPS) is 33.1. The molecule has 2 nitrogen and oxygen atoms in total. The van der Waals surface area contributed by atoms with Gasteiger partial charge < -0.3 is 5.32 Å². The van der Waals surface area contributed by atoms with Crippen LogP contribution in [0.15, 0.2) is 0 Å². The second kappa shape index (κ2) is 5.96. The van der Waals surface area contributed by atoms with E-state index in [0.29, 0.717) is 5.41 Å². The highest BCUT2D eigenvalue weighted by molar-refractivity contribution is 4.92. The highest BCUT2D eigenvalue weighted by Crippen LogP contribution is 2.39. The first-order valence-corrected chi connectivity index (χ1v) is 8.97. The van der Waals surface area contributed by atoms with Crippen LogP contribution in [0.25, 0.3) is 0 Å². The molecule has 3 fully saturated rings. The van der Waals surface area contributed by atoms with Gasteiger partial charge in [-0.2, -0.15) is 0 Å². The standard InChI is InChI=1S/C18H34N2/c1-18(2,3)13-19-16-10-15(9-14-7-8-14)11-20(12-16)17-5-4-6-17/h14-17,19H,4-13H2,1-3H3. The number of piperidine rings is 1. The molecule has 2 heteroatoms. The van der Waals surface area contributed by atoms with E-state index in [1.807, 2.05) is 0 Å². The molecule has 0 aromatic heterocycles. The first-order chi connectivity index (χ1) is 9.49. The number of nitrogens with one attached hydrogen (secondary N) is 1. The van der Waals surface area contributed by atoms with E-state index in [-0.39, 0.29) is 0 Å². The minimum atomic E-state index is 0.407. The monoisotopic (exact) mass is 278 g/mol.